The van der Waals surface area contributed by atoms with E-state index >= 15 is 0 Å². The molecule has 126 valence electrons. The molecular weight excluding hydrogens is 328 g/mol. The summed E-state index contributed by atoms with van der Waals surface area (Å²) in [5.41, 5.74) is 5.31. The molecule has 0 aliphatic rings. The van der Waals surface area contributed by atoms with Crippen LogP contribution in [0.4, 0.5) is 0 Å². The van der Waals surface area contributed by atoms with Crippen molar-refractivity contribution < 1.29 is 18.0 Å². The van der Waals surface area contributed by atoms with Gasteiger partial charge in [0.15, 0.2) is 9.84 Å². The van der Waals surface area contributed by atoms with Gasteiger partial charge in [-0.3, -0.25) is 20.4 Å². The van der Waals surface area contributed by atoms with Crippen LogP contribution in [0.5, 0.6) is 0 Å². The minimum atomic E-state index is -3.52. The van der Waals surface area contributed by atoms with Gasteiger partial charge in [-0.05, 0) is 17.7 Å². The van der Waals surface area contributed by atoms with Crippen LogP contribution in [-0.2, 0) is 25.8 Å². The summed E-state index contributed by atoms with van der Waals surface area (Å²) in [4.78, 5) is 23.6. The quantitative estimate of drug-likeness (QED) is 0.770. The van der Waals surface area contributed by atoms with Gasteiger partial charge in [0.2, 0.25) is 11.8 Å². The van der Waals surface area contributed by atoms with E-state index in [-0.39, 0.29) is 29.4 Å². The first kappa shape index (κ1) is 17.7. The van der Waals surface area contributed by atoms with Crippen LogP contribution in [0, 0.1) is 0 Å². The second-order valence-electron chi connectivity index (χ2n) is 5.14. The number of carbonyl (C=O) groups is 2. The SMILES string of the molecule is O=C(CCS(=O)(=O)c1ccccc1)NNC(=O)Cc1ccccc1. The van der Waals surface area contributed by atoms with Gasteiger partial charge >= 0.3 is 0 Å². The molecule has 0 aliphatic heterocycles. The molecular formula is C17H18N2O4S. The summed E-state index contributed by atoms with van der Waals surface area (Å²) in [6, 6.07) is 17.0. The van der Waals surface area contributed by atoms with E-state index in [1.165, 1.54) is 12.1 Å². The predicted molar refractivity (Wildman–Crippen MR) is 89.5 cm³/mol. The molecule has 2 aromatic carbocycles. The summed E-state index contributed by atoms with van der Waals surface area (Å²) in [7, 11) is -3.52. The zero-order valence-corrected chi connectivity index (χ0v) is 13.8. The molecule has 2 rings (SSSR count). The summed E-state index contributed by atoms with van der Waals surface area (Å²) < 4.78 is 24.1. The number of carbonyl (C=O) groups excluding carboxylic acids is 2. The van der Waals surface area contributed by atoms with Crippen LogP contribution in [0.2, 0.25) is 0 Å². The Labute approximate surface area is 140 Å². The first-order valence-corrected chi connectivity index (χ1v) is 9.02. The largest absolute Gasteiger partial charge is 0.273 e. The van der Waals surface area contributed by atoms with E-state index in [1.54, 1.807) is 30.3 Å². The number of rotatable bonds is 6. The number of benzene rings is 2. The monoisotopic (exact) mass is 346 g/mol. The van der Waals surface area contributed by atoms with Gasteiger partial charge in [0.1, 0.15) is 0 Å². The molecule has 2 amide bonds. The van der Waals surface area contributed by atoms with Gasteiger partial charge in [0, 0.05) is 6.42 Å². The van der Waals surface area contributed by atoms with Crippen molar-refractivity contribution in [2.75, 3.05) is 5.75 Å². The number of hydrazine groups is 1. The fourth-order valence-electron chi connectivity index (χ4n) is 2.00. The average molecular weight is 346 g/mol. The molecule has 0 atom stereocenters. The Morgan fingerprint density at radius 1 is 0.792 bits per heavy atom. The van der Waals surface area contributed by atoms with Crippen molar-refractivity contribution in [3.63, 3.8) is 0 Å². The van der Waals surface area contributed by atoms with Crippen LogP contribution >= 0.6 is 0 Å². The highest BCUT2D eigenvalue weighted by atomic mass is 32.2. The zero-order valence-electron chi connectivity index (χ0n) is 12.9. The van der Waals surface area contributed by atoms with Crippen molar-refractivity contribution in [3.8, 4) is 0 Å². The Bertz CT molecular complexity index is 790. The van der Waals surface area contributed by atoms with Gasteiger partial charge in [-0.15, -0.1) is 0 Å². The number of sulfone groups is 1. The van der Waals surface area contributed by atoms with Crippen LogP contribution < -0.4 is 10.9 Å². The lowest BCUT2D eigenvalue weighted by atomic mass is 10.1. The summed E-state index contributed by atoms with van der Waals surface area (Å²) in [5.74, 6) is -1.26. The number of nitrogens with one attached hydrogen (secondary N) is 2. The predicted octanol–water partition coefficient (Wildman–Crippen LogP) is 1.24. The first-order valence-electron chi connectivity index (χ1n) is 7.37. The highest BCUT2D eigenvalue weighted by Gasteiger charge is 2.16. The maximum Gasteiger partial charge on any atom is 0.242 e. The third-order valence-electron chi connectivity index (χ3n) is 3.25. The van der Waals surface area contributed by atoms with Crippen molar-refractivity contribution >= 4 is 21.7 Å². The molecule has 0 bridgehead atoms. The molecule has 0 saturated carbocycles. The molecule has 24 heavy (non-hydrogen) atoms. The topological polar surface area (TPSA) is 92.3 Å². The molecule has 7 heteroatoms. The Morgan fingerprint density at radius 3 is 1.96 bits per heavy atom. The smallest absolute Gasteiger partial charge is 0.242 e. The maximum atomic E-state index is 12.0. The number of hydrogen-bond acceptors (Lipinski definition) is 4. The standard InChI is InChI=1S/C17H18N2O4S/c20-16(11-12-24(22,23)15-9-5-2-6-10-15)18-19-17(21)13-14-7-3-1-4-8-14/h1-10H,11-13H2,(H,18,20)(H,19,21). The van der Waals surface area contributed by atoms with E-state index in [2.05, 4.69) is 10.9 Å². The van der Waals surface area contributed by atoms with Gasteiger partial charge in [-0.25, -0.2) is 8.42 Å². The zero-order chi connectivity index (χ0) is 17.4. The Hall–Kier alpha value is -2.67. The van der Waals surface area contributed by atoms with E-state index in [0.717, 1.165) is 5.56 Å². The highest BCUT2D eigenvalue weighted by Crippen LogP contribution is 2.10. The van der Waals surface area contributed by atoms with Gasteiger partial charge in [0.25, 0.3) is 0 Å². The molecule has 0 heterocycles. The van der Waals surface area contributed by atoms with Crippen LogP contribution in [-0.4, -0.2) is 26.0 Å². The molecule has 0 fully saturated rings. The Balaban J connectivity index is 1.76. The molecule has 0 unspecified atom stereocenters. The van der Waals surface area contributed by atoms with Crippen LogP contribution in [0.3, 0.4) is 0 Å². The van der Waals surface area contributed by atoms with E-state index < -0.39 is 15.7 Å². The average Bonchev–Trinajstić information content (AvgIpc) is 2.60. The minimum Gasteiger partial charge on any atom is -0.273 e. The van der Waals surface area contributed by atoms with Crippen molar-refractivity contribution in [1.82, 2.24) is 10.9 Å². The number of amides is 2. The van der Waals surface area contributed by atoms with Crippen LogP contribution in [0.1, 0.15) is 12.0 Å². The molecule has 0 aromatic heterocycles. The van der Waals surface area contributed by atoms with Crippen LogP contribution in [0.25, 0.3) is 0 Å². The maximum absolute atomic E-state index is 12.0. The fourth-order valence-corrected chi connectivity index (χ4v) is 3.26. The highest BCUT2D eigenvalue weighted by molar-refractivity contribution is 7.91. The Kier molecular flexibility index (Phi) is 6.08. The third-order valence-corrected chi connectivity index (χ3v) is 4.98. The summed E-state index contributed by atoms with van der Waals surface area (Å²) >= 11 is 0. The summed E-state index contributed by atoms with van der Waals surface area (Å²) in [5, 5.41) is 0. The summed E-state index contributed by atoms with van der Waals surface area (Å²) in [6.45, 7) is 0. The van der Waals surface area contributed by atoms with Crippen LogP contribution in [0.15, 0.2) is 65.6 Å². The molecule has 0 spiro atoms. The second-order valence-corrected chi connectivity index (χ2v) is 7.25. The lowest BCUT2D eigenvalue weighted by Crippen LogP contribution is -2.42. The van der Waals surface area contributed by atoms with Gasteiger partial charge in [0.05, 0.1) is 17.1 Å². The van der Waals surface area contributed by atoms with E-state index in [0.29, 0.717) is 0 Å². The van der Waals surface area contributed by atoms with Crippen molar-refractivity contribution in [3.05, 3.63) is 66.2 Å². The number of hydrogen-bond donors (Lipinski definition) is 2. The minimum absolute atomic E-state index is 0.128. The van der Waals surface area contributed by atoms with Crippen molar-refractivity contribution in [2.24, 2.45) is 0 Å². The second kappa shape index (κ2) is 8.26. The molecule has 6 nitrogen and oxygen atoms in total. The molecule has 0 radical (unpaired) electrons. The van der Waals surface area contributed by atoms with Crippen molar-refractivity contribution in [1.29, 1.82) is 0 Å². The molecule has 2 aromatic rings. The molecule has 2 N–H and O–H groups in total. The van der Waals surface area contributed by atoms with E-state index in [4.69, 9.17) is 0 Å². The van der Waals surface area contributed by atoms with E-state index in [1.807, 2.05) is 18.2 Å². The third kappa shape index (κ3) is 5.51. The van der Waals surface area contributed by atoms with Gasteiger partial charge in [-0.1, -0.05) is 48.5 Å². The lowest BCUT2D eigenvalue weighted by Gasteiger charge is -2.08. The van der Waals surface area contributed by atoms with E-state index in [9.17, 15) is 18.0 Å². The fraction of sp³-hybridized carbons (Fsp3) is 0.176. The van der Waals surface area contributed by atoms with Gasteiger partial charge in [-0.2, -0.15) is 0 Å². The lowest BCUT2D eigenvalue weighted by molar-refractivity contribution is -0.128. The molecule has 0 saturated heterocycles. The van der Waals surface area contributed by atoms with Gasteiger partial charge < -0.3 is 0 Å². The molecule has 0 aliphatic carbocycles. The Morgan fingerprint density at radius 2 is 1.33 bits per heavy atom. The summed E-state index contributed by atoms with van der Waals surface area (Å²) in [6.07, 6.45) is -0.105. The normalized spacial score (nSPS) is 10.8. The van der Waals surface area contributed by atoms with Crippen molar-refractivity contribution in [2.45, 2.75) is 17.7 Å². The first-order chi connectivity index (χ1) is 11.5.